The van der Waals surface area contributed by atoms with Crippen LogP contribution in [0.4, 0.5) is 0 Å². The predicted octanol–water partition coefficient (Wildman–Crippen LogP) is 3.39. The largest absolute Gasteiger partial charge is 0.391 e. The molecular weight excluding hydrogens is 208 g/mol. The Balaban J connectivity index is 1.92. The highest BCUT2D eigenvalue weighted by Gasteiger charge is 2.19. The van der Waals surface area contributed by atoms with Gasteiger partial charge in [0.05, 0.1) is 0 Å². The summed E-state index contributed by atoms with van der Waals surface area (Å²) in [5.41, 5.74) is 2.59. The van der Waals surface area contributed by atoms with Crippen LogP contribution >= 0.6 is 0 Å². The molecule has 2 N–H and O–H groups in total. The average molecular weight is 226 g/mol. The van der Waals surface area contributed by atoms with Crippen molar-refractivity contribution in [3.05, 3.63) is 48.3 Å². The van der Waals surface area contributed by atoms with Crippen molar-refractivity contribution in [1.82, 2.24) is 10.3 Å². The predicted molar refractivity (Wildman–Crippen MR) is 72.0 cm³/mol. The molecule has 88 valence electrons. The normalized spacial score (nSPS) is 21.4. The molecule has 2 nitrogen and oxygen atoms in total. The molecule has 3 rings (SSSR count). The fourth-order valence-corrected chi connectivity index (χ4v) is 2.61. The minimum absolute atomic E-state index is 0.556. The standard InChI is InChI=1S/C15H18N2/c1-11(12-6-8-16-9-7-12)15-10-13-4-2-3-5-14(13)17-15/h2-6,8,10-12,16-17H,7,9H2,1H3. The van der Waals surface area contributed by atoms with Crippen LogP contribution in [0, 0.1) is 5.92 Å². The number of benzene rings is 1. The third-order valence-corrected chi connectivity index (χ3v) is 3.77. The number of para-hydroxylation sites is 1. The van der Waals surface area contributed by atoms with Crippen molar-refractivity contribution >= 4 is 10.9 Å². The lowest BCUT2D eigenvalue weighted by molar-refractivity contribution is 0.470. The van der Waals surface area contributed by atoms with Gasteiger partial charge in [0, 0.05) is 23.7 Å². The van der Waals surface area contributed by atoms with Gasteiger partial charge >= 0.3 is 0 Å². The Labute approximate surface area is 102 Å². The molecule has 2 heterocycles. The lowest BCUT2D eigenvalue weighted by atomic mass is 9.87. The van der Waals surface area contributed by atoms with Gasteiger partial charge in [-0.3, -0.25) is 0 Å². The van der Waals surface area contributed by atoms with E-state index in [0.717, 1.165) is 6.54 Å². The molecule has 1 aliphatic heterocycles. The first kappa shape index (κ1) is 10.5. The number of hydrogen-bond acceptors (Lipinski definition) is 1. The Kier molecular flexibility index (Phi) is 2.63. The van der Waals surface area contributed by atoms with E-state index >= 15 is 0 Å². The summed E-state index contributed by atoms with van der Waals surface area (Å²) in [6, 6.07) is 10.8. The van der Waals surface area contributed by atoms with E-state index in [1.54, 1.807) is 0 Å². The van der Waals surface area contributed by atoms with E-state index in [1.165, 1.54) is 23.0 Å². The molecule has 0 radical (unpaired) electrons. The first-order valence-corrected chi connectivity index (χ1v) is 6.32. The first-order chi connectivity index (χ1) is 8.34. The van der Waals surface area contributed by atoms with Gasteiger partial charge in [-0.05, 0) is 36.1 Å². The van der Waals surface area contributed by atoms with Crippen LogP contribution in [0.2, 0.25) is 0 Å². The van der Waals surface area contributed by atoms with Crippen LogP contribution < -0.4 is 5.32 Å². The monoisotopic (exact) mass is 226 g/mol. The number of H-pyrrole nitrogens is 1. The van der Waals surface area contributed by atoms with Crippen LogP contribution in [-0.4, -0.2) is 11.5 Å². The number of hydrogen-bond donors (Lipinski definition) is 2. The minimum atomic E-state index is 0.556. The summed E-state index contributed by atoms with van der Waals surface area (Å²) in [6.07, 6.45) is 5.60. The molecular formula is C15H18N2. The van der Waals surface area contributed by atoms with E-state index in [9.17, 15) is 0 Å². The summed E-state index contributed by atoms with van der Waals surface area (Å²) in [5, 5.41) is 4.57. The van der Waals surface area contributed by atoms with Gasteiger partial charge in [0.2, 0.25) is 0 Å². The minimum Gasteiger partial charge on any atom is -0.391 e. The van der Waals surface area contributed by atoms with Crippen molar-refractivity contribution in [2.24, 2.45) is 5.92 Å². The molecule has 0 aliphatic carbocycles. The summed E-state index contributed by atoms with van der Waals surface area (Å²) in [7, 11) is 0. The third-order valence-electron chi connectivity index (χ3n) is 3.77. The molecule has 1 aromatic heterocycles. The Morgan fingerprint density at radius 1 is 1.29 bits per heavy atom. The lowest BCUT2D eigenvalue weighted by Gasteiger charge is -2.23. The highest BCUT2D eigenvalue weighted by molar-refractivity contribution is 5.80. The second-order valence-corrected chi connectivity index (χ2v) is 4.87. The molecule has 2 aromatic rings. The second kappa shape index (κ2) is 4.28. The first-order valence-electron chi connectivity index (χ1n) is 6.32. The fourth-order valence-electron chi connectivity index (χ4n) is 2.61. The topological polar surface area (TPSA) is 27.8 Å². The smallest absolute Gasteiger partial charge is 0.0456 e. The zero-order chi connectivity index (χ0) is 11.7. The van der Waals surface area contributed by atoms with E-state index in [-0.39, 0.29) is 0 Å². The summed E-state index contributed by atoms with van der Waals surface area (Å²) in [4.78, 5) is 3.54. The lowest BCUT2D eigenvalue weighted by Crippen LogP contribution is -2.20. The van der Waals surface area contributed by atoms with Crippen LogP contribution in [-0.2, 0) is 0 Å². The molecule has 0 fully saturated rings. The maximum Gasteiger partial charge on any atom is 0.0456 e. The number of allylic oxidation sites excluding steroid dienone is 1. The second-order valence-electron chi connectivity index (χ2n) is 4.87. The van der Waals surface area contributed by atoms with Gasteiger partial charge in [-0.15, -0.1) is 0 Å². The molecule has 0 bridgehead atoms. The number of fused-ring (bicyclic) bond motifs is 1. The quantitative estimate of drug-likeness (QED) is 0.807. The van der Waals surface area contributed by atoms with Crippen LogP contribution in [0.1, 0.15) is 25.0 Å². The SMILES string of the molecule is CC(c1cc2ccccc2[nH]1)C1C=CNCC1. The molecule has 2 heteroatoms. The van der Waals surface area contributed by atoms with Crippen molar-refractivity contribution in [1.29, 1.82) is 0 Å². The van der Waals surface area contributed by atoms with Crippen LogP contribution in [0.15, 0.2) is 42.6 Å². The maximum atomic E-state index is 3.54. The van der Waals surface area contributed by atoms with E-state index in [0.29, 0.717) is 11.8 Å². The zero-order valence-corrected chi connectivity index (χ0v) is 10.1. The van der Waals surface area contributed by atoms with E-state index in [4.69, 9.17) is 0 Å². The molecule has 2 unspecified atom stereocenters. The zero-order valence-electron chi connectivity index (χ0n) is 10.1. The molecule has 0 saturated heterocycles. The van der Waals surface area contributed by atoms with Crippen LogP contribution in [0.3, 0.4) is 0 Å². The van der Waals surface area contributed by atoms with Gasteiger partial charge in [-0.2, -0.15) is 0 Å². The Bertz CT molecular complexity index is 506. The van der Waals surface area contributed by atoms with Crippen LogP contribution in [0.5, 0.6) is 0 Å². The van der Waals surface area contributed by atoms with Gasteiger partial charge in [-0.1, -0.05) is 31.2 Å². The molecule has 0 spiro atoms. The number of aromatic nitrogens is 1. The van der Waals surface area contributed by atoms with Gasteiger partial charge < -0.3 is 10.3 Å². The van der Waals surface area contributed by atoms with E-state index < -0.39 is 0 Å². The summed E-state index contributed by atoms with van der Waals surface area (Å²) < 4.78 is 0. The van der Waals surface area contributed by atoms with Gasteiger partial charge in [0.25, 0.3) is 0 Å². The van der Waals surface area contributed by atoms with Crippen molar-refractivity contribution < 1.29 is 0 Å². The van der Waals surface area contributed by atoms with Crippen molar-refractivity contribution in [2.45, 2.75) is 19.3 Å². The van der Waals surface area contributed by atoms with Gasteiger partial charge in [-0.25, -0.2) is 0 Å². The molecule has 17 heavy (non-hydrogen) atoms. The van der Waals surface area contributed by atoms with Crippen LogP contribution in [0.25, 0.3) is 10.9 Å². The Morgan fingerprint density at radius 3 is 2.94 bits per heavy atom. The number of nitrogens with one attached hydrogen (secondary N) is 2. The van der Waals surface area contributed by atoms with Gasteiger partial charge in [0.1, 0.15) is 0 Å². The highest BCUT2D eigenvalue weighted by atomic mass is 14.8. The third kappa shape index (κ3) is 1.95. The average Bonchev–Trinajstić information content (AvgIpc) is 2.82. The van der Waals surface area contributed by atoms with E-state index in [1.807, 2.05) is 0 Å². The summed E-state index contributed by atoms with van der Waals surface area (Å²) >= 11 is 0. The summed E-state index contributed by atoms with van der Waals surface area (Å²) in [6.45, 7) is 3.40. The maximum absolute atomic E-state index is 3.54. The number of rotatable bonds is 2. The summed E-state index contributed by atoms with van der Waals surface area (Å²) in [5.74, 6) is 1.20. The molecule has 0 saturated carbocycles. The molecule has 0 amide bonds. The molecule has 2 atom stereocenters. The highest BCUT2D eigenvalue weighted by Crippen LogP contribution is 2.30. The fraction of sp³-hybridized carbons (Fsp3) is 0.333. The molecule has 1 aromatic carbocycles. The van der Waals surface area contributed by atoms with Crippen molar-refractivity contribution in [3.63, 3.8) is 0 Å². The Hall–Kier alpha value is -1.70. The van der Waals surface area contributed by atoms with Crippen molar-refractivity contribution in [2.75, 3.05) is 6.54 Å². The number of aromatic amines is 1. The van der Waals surface area contributed by atoms with E-state index in [2.05, 4.69) is 59.8 Å². The Morgan fingerprint density at radius 2 is 2.18 bits per heavy atom. The van der Waals surface area contributed by atoms with Crippen molar-refractivity contribution in [3.8, 4) is 0 Å². The van der Waals surface area contributed by atoms with Gasteiger partial charge in [0.15, 0.2) is 0 Å². The molecule has 1 aliphatic rings.